The van der Waals surface area contributed by atoms with E-state index in [1.165, 1.54) is 0 Å². The number of benzene rings is 2. The van der Waals surface area contributed by atoms with Crippen LogP contribution in [0, 0.1) is 17.0 Å². The average molecular weight is 383 g/mol. The van der Waals surface area contributed by atoms with Gasteiger partial charge in [0.15, 0.2) is 5.82 Å². The van der Waals surface area contributed by atoms with E-state index in [1.807, 2.05) is 37.3 Å². The fraction of sp³-hybridized carbons (Fsp3) is 0.136. The lowest BCUT2D eigenvalue weighted by Gasteiger charge is -2.21. The maximum Gasteiger partial charge on any atom is 0.269 e. The van der Waals surface area contributed by atoms with Crippen LogP contribution in [0.1, 0.15) is 11.1 Å². The van der Waals surface area contributed by atoms with Crippen LogP contribution in [0.4, 0.5) is 17.2 Å². The molecular formula is C22H17N5O2. The molecule has 2 aromatic carbocycles. The van der Waals surface area contributed by atoms with Gasteiger partial charge in [-0.15, -0.1) is 0 Å². The number of nitro benzene ring substituents is 1. The number of non-ortho nitro benzene ring substituents is 1. The quantitative estimate of drug-likeness (QED) is 0.380. The van der Waals surface area contributed by atoms with Gasteiger partial charge in [-0.1, -0.05) is 11.6 Å². The van der Waals surface area contributed by atoms with Crippen molar-refractivity contribution >= 4 is 28.1 Å². The van der Waals surface area contributed by atoms with Gasteiger partial charge in [-0.05, 0) is 49.2 Å². The van der Waals surface area contributed by atoms with Gasteiger partial charge in [0, 0.05) is 47.7 Å². The van der Waals surface area contributed by atoms with Gasteiger partial charge in [-0.2, -0.15) is 0 Å². The molecule has 142 valence electrons. The van der Waals surface area contributed by atoms with Gasteiger partial charge >= 0.3 is 0 Å². The lowest BCUT2D eigenvalue weighted by atomic mass is 10.1. The van der Waals surface area contributed by atoms with Gasteiger partial charge in [0.1, 0.15) is 5.82 Å². The molecule has 0 aliphatic carbocycles. The van der Waals surface area contributed by atoms with Crippen LogP contribution >= 0.6 is 0 Å². The van der Waals surface area contributed by atoms with E-state index in [4.69, 9.17) is 9.97 Å². The standard InChI is InChI=1S/C22H17N5O2/c1-14-4-6-19-18(11-14)22(25-21(24-19)16-3-2-9-23-13-16)26-10-8-15-12-17(27(28)29)5-7-20(15)26/h2-7,9,11-13H,8,10H2,1H3. The second-order valence-electron chi connectivity index (χ2n) is 7.10. The van der Waals surface area contributed by atoms with Crippen LogP contribution in [0.5, 0.6) is 0 Å². The zero-order valence-electron chi connectivity index (χ0n) is 15.7. The highest BCUT2D eigenvalue weighted by atomic mass is 16.6. The van der Waals surface area contributed by atoms with E-state index in [9.17, 15) is 10.1 Å². The van der Waals surface area contributed by atoms with Crippen molar-refractivity contribution < 1.29 is 4.92 Å². The van der Waals surface area contributed by atoms with E-state index in [-0.39, 0.29) is 10.6 Å². The second-order valence-corrected chi connectivity index (χ2v) is 7.10. The number of hydrogen-bond acceptors (Lipinski definition) is 6. The van der Waals surface area contributed by atoms with Crippen molar-refractivity contribution in [3.63, 3.8) is 0 Å². The lowest BCUT2D eigenvalue weighted by molar-refractivity contribution is -0.384. The molecule has 0 atom stereocenters. The number of anilines is 2. The molecule has 7 nitrogen and oxygen atoms in total. The molecule has 0 amide bonds. The van der Waals surface area contributed by atoms with Gasteiger partial charge in [-0.25, -0.2) is 9.97 Å². The van der Waals surface area contributed by atoms with Crippen molar-refractivity contribution in [2.45, 2.75) is 13.3 Å². The lowest BCUT2D eigenvalue weighted by Crippen LogP contribution is -2.16. The van der Waals surface area contributed by atoms with Gasteiger partial charge in [0.2, 0.25) is 0 Å². The Balaban J connectivity index is 1.71. The molecule has 29 heavy (non-hydrogen) atoms. The van der Waals surface area contributed by atoms with Gasteiger partial charge < -0.3 is 4.90 Å². The predicted octanol–water partition coefficient (Wildman–Crippen LogP) is 4.60. The number of aromatic nitrogens is 3. The topological polar surface area (TPSA) is 85.0 Å². The maximum atomic E-state index is 11.1. The molecule has 7 heteroatoms. The largest absolute Gasteiger partial charge is 0.325 e. The van der Waals surface area contributed by atoms with Crippen LogP contribution in [0.25, 0.3) is 22.3 Å². The van der Waals surface area contributed by atoms with Crippen LogP contribution < -0.4 is 4.90 Å². The van der Waals surface area contributed by atoms with Crippen LogP contribution in [0.3, 0.4) is 0 Å². The first-order valence-corrected chi connectivity index (χ1v) is 9.34. The first kappa shape index (κ1) is 17.2. The summed E-state index contributed by atoms with van der Waals surface area (Å²) < 4.78 is 0. The van der Waals surface area contributed by atoms with E-state index in [0.29, 0.717) is 12.4 Å². The normalized spacial score (nSPS) is 12.9. The van der Waals surface area contributed by atoms with E-state index >= 15 is 0 Å². The number of nitro groups is 1. The first-order valence-electron chi connectivity index (χ1n) is 9.34. The van der Waals surface area contributed by atoms with Crippen molar-refractivity contribution in [1.29, 1.82) is 0 Å². The van der Waals surface area contributed by atoms with Gasteiger partial charge in [0.05, 0.1) is 10.4 Å². The molecule has 0 saturated heterocycles. The summed E-state index contributed by atoms with van der Waals surface area (Å²) in [5, 5.41) is 12.1. The van der Waals surface area contributed by atoms with Crippen molar-refractivity contribution in [2.24, 2.45) is 0 Å². The molecule has 0 radical (unpaired) electrons. The number of rotatable bonds is 3. The number of fused-ring (bicyclic) bond motifs is 2. The van der Waals surface area contributed by atoms with Crippen LogP contribution in [0.15, 0.2) is 60.9 Å². The summed E-state index contributed by atoms with van der Waals surface area (Å²) in [6.07, 6.45) is 4.20. The van der Waals surface area contributed by atoms with Crippen molar-refractivity contribution in [1.82, 2.24) is 15.0 Å². The molecule has 5 rings (SSSR count). The summed E-state index contributed by atoms with van der Waals surface area (Å²) in [5.41, 5.74) is 4.86. The SMILES string of the molecule is Cc1ccc2nc(-c3cccnc3)nc(N3CCc4cc([N+](=O)[O-])ccc43)c2c1. The molecule has 4 aromatic rings. The highest BCUT2D eigenvalue weighted by Crippen LogP contribution is 2.39. The first-order chi connectivity index (χ1) is 14.1. The fourth-order valence-electron chi connectivity index (χ4n) is 3.78. The Morgan fingerprint density at radius 2 is 2.00 bits per heavy atom. The number of hydrogen-bond donors (Lipinski definition) is 0. The molecule has 0 N–H and O–H groups in total. The molecule has 0 saturated carbocycles. The third-order valence-corrected chi connectivity index (χ3v) is 5.18. The van der Waals surface area contributed by atoms with Crippen LogP contribution in [-0.2, 0) is 6.42 Å². The van der Waals surface area contributed by atoms with E-state index in [2.05, 4.69) is 16.0 Å². The number of pyridine rings is 1. The predicted molar refractivity (Wildman–Crippen MR) is 111 cm³/mol. The zero-order valence-corrected chi connectivity index (χ0v) is 15.7. The Bertz CT molecular complexity index is 1260. The summed E-state index contributed by atoms with van der Waals surface area (Å²) in [6.45, 7) is 2.75. The fourth-order valence-corrected chi connectivity index (χ4v) is 3.78. The summed E-state index contributed by atoms with van der Waals surface area (Å²) >= 11 is 0. The number of aryl methyl sites for hydroxylation is 1. The minimum atomic E-state index is -0.354. The highest BCUT2D eigenvalue weighted by molar-refractivity contribution is 5.94. The molecule has 3 heterocycles. The maximum absolute atomic E-state index is 11.1. The zero-order chi connectivity index (χ0) is 20.0. The average Bonchev–Trinajstić information content (AvgIpc) is 3.16. The van der Waals surface area contributed by atoms with E-state index in [1.54, 1.807) is 24.5 Å². The van der Waals surface area contributed by atoms with Crippen molar-refractivity contribution in [2.75, 3.05) is 11.4 Å². The summed E-state index contributed by atoms with van der Waals surface area (Å²) in [6, 6.07) is 14.9. The molecule has 1 aliphatic rings. The van der Waals surface area contributed by atoms with Crippen molar-refractivity contribution in [3.05, 3.63) is 82.2 Å². The minimum Gasteiger partial charge on any atom is -0.325 e. The summed E-state index contributed by atoms with van der Waals surface area (Å²) in [7, 11) is 0. The van der Waals surface area contributed by atoms with Crippen LogP contribution in [-0.4, -0.2) is 26.4 Å². The third kappa shape index (κ3) is 2.97. The third-order valence-electron chi connectivity index (χ3n) is 5.18. The second kappa shape index (κ2) is 6.63. The smallest absolute Gasteiger partial charge is 0.269 e. The molecule has 0 unspecified atom stereocenters. The summed E-state index contributed by atoms with van der Waals surface area (Å²) in [4.78, 5) is 26.7. The van der Waals surface area contributed by atoms with Gasteiger partial charge in [-0.3, -0.25) is 15.1 Å². The monoisotopic (exact) mass is 383 g/mol. The van der Waals surface area contributed by atoms with Crippen molar-refractivity contribution in [3.8, 4) is 11.4 Å². The van der Waals surface area contributed by atoms with E-state index in [0.717, 1.165) is 45.5 Å². The molecule has 0 fully saturated rings. The molecular weight excluding hydrogens is 366 g/mol. The summed E-state index contributed by atoms with van der Waals surface area (Å²) in [5.74, 6) is 1.42. The molecule has 1 aliphatic heterocycles. The Hall–Kier alpha value is -3.87. The highest BCUT2D eigenvalue weighted by Gasteiger charge is 2.26. The molecule has 0 spiro atoms. The Morgan fingerprint density at radius 1 is 1.10 bits per heavy atom. The number of nitrogens with zero attached hydrogens (tertiary/aromatic N) is 5. The molecule has 0 bridgehead atoms. The Morgan fingerprint density at radius 3 is 2.79 bits per heavy atom. The van der Waals surface area contributed by atoms with Gasteiger partial charge in [0.25, 0.3) is 5.69 Å². The van der Waals surface area contributed by atoms with Crippen LogP contribution in [0.2, 0.25) is 0 Å². The molecule has 2 aromatic heterocycles. The Labute approximate surface area is 166 Å². The van der Waals surface area contributed by atoms with E-state index < -0.39 is 0 Å². The minimum absolute atomic E-state index is 0.116. The Kier molecular flexibility index (Phi) is 3.94.